The summed E-state index contributed by atoms with van der Waals surface area (Å²) in [5.74, 6) is 0. The van der Waals surface area contributed by atoms with Crippen LogP contribution in [0.25, 0.3) is 22.4 Å². The van der Waals surface area contributed by atoms with Crippen molar-refractivity contribution < 1.29 is 0 Å². The van der Waals surface area contributed by atoms with Crippen molar-refractivity contribution in [1.29, 1.82) is 0 Å². The SMILES string of the molecule is c1ccc(-c2ccc(-c3ccnc(P(c4ccccc4)c4ccccc4)n3)cc2)cc1. The number of rotatable bonds is 5. The van der Waals surface area contributed by atoms with Crippen LogP contribution in [-0.4, -0.2) is 9.97 Å². The highest BCUT2D eigenvalue weighted by molar-refractivity contribution is 7.79. The number of hydrogen-bond donors (Lipinski definition) is 0. The van der Waals surface area contributed by atoms with E-state index in [0.29, 0.717) is 0 Å². The lowest BCUT2D eigenvalue weighted by molar-refractivity contribution is 1.24. The molecule has 0 N–H and O–H groups in total. The highest BCUT2D eigenvalue weighted by Crippen LogP contribution is 2.32. The van der Waals surface area contributed by atoms with Crippen molar-refractivity contribution in [3.63, 3.8) is 0 Å². The minimum absolute atomic E-state index is 0.817. The molecule has 0 spiro atoms. The first kappa shape index (κ1) is 19.4. The maximum absolute atomic E-state index is 5.02. The maximum Gasteiger partial charge on any atom is 0.160 e. The second-order valence-corrected chi connectivity index (χ2v) is 9.30. The summed E-state index contributed by atoms with van der Waals surface area (Å²) in [5.41, 5.74) is 5.34. The van der Waals surface area contributed by atoms with Crippen LogP contribution in [-0.2, 0) is 0 Å². The Labute approximate surface area is 184 Å². The Hall–Kier alpha value is -3.61. The normalized spacial score (nSPS) is 10.9. The average molecular weight is 416 g/mol. The van der Waals surface area contributed by atoms with Gasteiger partial charge in [0.25, 0.3) is 0 Å². The van der Waals surface area contributed by atoms with E-state index in [1.165, 1.54) is 21.7 Å². The summed E-state index contributed by atoms with van der Waals surface area (Å²) in [4.78, 5) is 9.72. The molecule has 0 aliphatic heterocycles. The molecule has 0 fully saturated rings. The predicted molar refractivity (Wildman–Crippen MR) is 132 cm³/mol. The summed E-state index contributed by atoms with van der Waals surface area (Å²) in [6, 6.07) is 42.1. The van der Waals surface area contributed by atoms with Crippen LogP contribution in [0.2, 0.25) is 0 Å². The summed E-state index contributed by atoms with van der Waals surface area (Å²) in [7, 11) is -0.817. The summed E-state index contributed by atoms with van der Waals surface area (Å²) in [6.07, 6.45) is 1.88. The van der Waals surface area contributed by atoms with Gasteiger partial charge in [-0.15, -0.1) is 0 Å². The molecule has 0 bridgehead atoms. The van der Waals surface area contributed by atoms with Gasteiger partial charge in [-0.3, -0.25) is 0 Å². The van der Waals surface area contributed by atoms with Crippen molar-refractivity contribution in [3.05, 3.63) is 128 Å². The molecule has 3 heteroatoms. The van der Waals surface area contributed by atoms with Crippen molar-refractivity contribution in [1.82, 2.24) is 9.97 Å². The average Bonchev–Trinajstić information content (AvgIpc) is 2.86. The third kappa shape index (κ3) is 4.30. The highest BCUT2D eigenvalue weighted by Gasteiger charge is 2.19. The predicted octanol–water partition coefficient (Wildman–Crippen LogP) is 5.57. The molecule has 4 aromatic carbocycles. The van der Waals surface area contributed by atoms with Crippen LogP contribution in [0, 0.1) is 0 Å². The van der Waals surface area contributed by atoms with Crippen LogP contribution < -0.4 is 16.2 Å². The van der Waals surface area contributed by atoms with Crippen LogP contribution in [0.5, 0.6) is 0 Å². The van der Waals surface area contributed by atoms with E-state index in [-0.39, 0.29) is 0 Å². The molecule has 0 atom stereocenters. The second-order valence-electron chi connectivity index (χ2n) is 7.19. The van der Waals surface area contributed by atoms with E-state index in [0.717, 1.165) is 16.8 Å². The molecule has 1 heterocycles. The van der Waals surface area contributed by atoms with Gasteiger partial charge < -0.3 is 0 Å². The van der Waals surface area contributed by atoms with E-state index in [1.54, 1.807) is 0 Å². The Kier molecular flexibility index (Phi) is 5.64. The Morgan fingerprint density at radius 1 is 0.452 bits per heavy atom. The summed E-state index contributed by atoms with van der Waals surface area (Å²) >= 11 is 0. The van der Waals surface area contributed by atoms with E-state index in [2.05, 4.69) is 97.1 Å². The van der Waals surface area contributed by atoms with Gasteiger partial charge in [0.1, 0.15) is 0 Å². The Balaban J connectivity index is 1.53. The molecule has 1 aromatic heterocycles. The minimum Gasteiger partial charge on any atom is -0.236 e. The van der Waals surface area contributed by atoms with E-state index < -0.39 is 7.92 Å². The fraction of sp³-hybridized carbons (Fsp3) is 0. The van der Waals surface area contributed by atoms with Crippen LogP contribution in [0.4, 0.5) is 0 Å². The van der Waals surface area contributed by atoms with Gasteiger partial charge in [0, 0.05) is 19.7 Å². The van der Waals surface area contributed by atoms with Gasteiger partial charge in [-0.25, -0.2) is 9.97 Å². The van der Waals surface area contributed by atoms with Crippen LogP contribution in [0.1, 0.15) is 0 Å². The molecule has 0 saturated carbocycles. The third-order valence-corrected chi connectivity index (χ3v) is 7.40. The first-order valence-electron chi connectivity index (χ1n) is 10.3. The van der Waals surface area contributed by atoms with E-state index >= 15 is 0 Å². The maximum atomic E-state index is 5.02. The quantitative estimate of drug-likeness (QED) is 0.350. The third-order valence-electron chi connectivity index (χ3n) is 5.16. The first-order chi connectivity index (χ1) is 15.4. The van der Waals surface area contributed by atoms with E-state index in [9.17, 15) is 0 Å². The summed E-state index contributed by atoms with van der Waals surface area (Å²) < 4.78 is 0. The zero-order valence-electron chi connectivity index (χ0n) is 17.0. The topological polar surface area (TPSA) is 25.8 Å². The molecule has 31 heavy (non-hydrogen) atoms. The molecule has 0 unspecified atom stereocenters. The monoisotopic (exact) mass is 416 g/mol. The van der Waals surface area contributed by atoms with Gasteiger partial charge in [0.15, 0.2) is 5.57 Å². The van der Waals surface area contributed by atoms with E-state index in [1.807, 2.05) is 30.5 Å². The molecule has 0 aliphatic rings. The van der Waals surface area contributed by atoms with Gasteiger partial charge >= 0.3 is 0 Å². The first-order valence-corrected chi connectivity index (χ1v) is 11.6. The van der Waals surface area contributed by atoms with Gasteiger partial charge in [-0.05, 0) is 27.8 Å². The molecule has 0 radical (unpaired) electrons. The Bertz CT molecular complexity index is 1220. The zero-order valence-corrected chi connectivity index (χ0v) is 17.9. The molecule has 0 aliphatic carbocycles. The van der Waals surface area contributed by atoms with Gasteiger partial charge in [-0.1, -0.05) is 115 Å². The second kappa shape index (κ2) is 9.04. The van der Waals surface area contributed by atoms with Gasteiger partial charge in [-0.2, -0.15) is 0 Å². The lowest BCUT2D eigenvalue weighted by Gasteiger charge is -2.17. The van der Waals surface area contributed by atoms with Crippen molar-refractivity contribution >= 4 is 24.1 Å². The molecular formula is C28H21N2P. The van der Waals surface area contributed by atoms with Crippen LogP contribution in [0.3, 0.4) is 0 Å². The molecule has 5 aromatic rings. The Morgan fingerprint density at radius 2 is 0.935 bits per heavy atom. The fourth-order valence-electron chi connectivity index (χ4n) is 3.62. The van der Waals surface area contributed by atoms with Crippen LogP contribution >= 0.6 is 7.92 Å². The fourth-order valence-corrected chi connectivity index (χ4v) is 5.71. The van der Waals surface area contributed by atoms with Crippen molar-refractivity contribution in [3.8, 4) is 22.4 Å². The molecule has 5 rings (SSSR count). The molecule has 0 saturated heterocycles. The number of aromatic nitrogens is 2. The smallest absolute Gasteiger partial charge is 0.160 e. The van der Waals surface area contributed by atoms with E-state index in [4.69, 9.17) is 9.97 Å². The van der Waals surface area contributed by atoms with Gasteiger partial charge in [0.2, 0.25) is 0 Å². The zero-order chi connectivity index (χ0) is 20.9. The molecule has 0 amide bonds. The largest absolute Gasteiger partial charge is 0.236 e. The number of benzene rings is 4. The number of nitrogens with zero attached hydrogens (tertiary/aromatic N) is 2. The van der Waals surface area contributed by atoms with Crippen molar-refractivity contribution in [2.45, 2.75) is 0 Å². The van der Waals surface area contributed by atoms with Crippen molar-refractivity contribution in [2.24, 2.45) is 0 Å². The minimum atomic E-state index is -0.817. The van der Waals surface area contributed by atoms with Crippen LogP contribution in [0.15, 0.2) is 128 Å². The standard InChI is InChI=1S/C28H21N2P/c1-4-10-22(11-5-1)23-16-18-24(19-17-23)27-20-21-29-28(30-27)31(25-12-6-2-7-13-25)26-14-8-3-9-15-26/h1-21H. The summed E-state index contributed by atoms with van der Waals surface area (Å²) in [6.45, 7) is 0. The lowest BCUT2D eigenvalue weighted by atomic mass is 10.0. The molecule has 2 nitrogen and oxygen atoms in total. The highest BCUT2D eigenvalue weighted by atomic mass is 31.1. The van der Waals surface area contributed by atoms with Gasteiger partial charge in [0.05, 0.1) is 5.69 Å². The number of hydrogen-bond acceptors (Lipinski definition) is 2. The summed E-state index contributed by atoms with van der Waals surface area (Å²) in [5, 5.41) is 2.50. The lowest BCUT2D eigenvalue weighted by Crippen LogP contribution is -2.25. The molecular weight excluding hydrogens is 395 g/mol. The molecule has 148 valence electrons. The van der Waals surface area contributed by atoms with Crippen molar-refractivity contribution in [2.75, 3.05) is 0 Å². The Morgan fingerprint density at radius 3 is 1.52 bits per heavy atom.